The van der Waals surface area contributed by atoms with Crippen LogP contribution in [-0.2, 0) is 32.6 Å². The summed E-state index contributed by atoms with van der Waals surface area (Å²) in [6, 6.07) is 20.6. The highest BCUT2D eigenvalue weighted by atomic mass is 127. The Morgan fingerprint density at radius 1 is 0.929 bits per heavy atom. The van der Waals surface area contributed by atoms with Crippen LogP contribution >= 0.6 is 45.8 Å². The molecule has 3 aromatic rings. The summed E-state index contributed by atoms with van der Waals surface area (Å²) in [6.45, 7) is -0.432. The van der Waals surface area contributed by atoms with E-state index in [0.717, 1.165) is 51.8 Å². The van der Waals surface area contributed by atoms with Gasteiger partial charge in [-0.05, 0) is 83.0 Å². The van der Waals surface area contributed by atoms with E-state index in [0.29, 0.717) is 21.3 Å². The second-order valence-corrected chi connectivity index (χ2v) is 14.5. The van der Waals surface area contributed by atoms with Crippen molar-refractivity contribution in [2.45, 2.75) is 57.2 Å². The van der Waals surface area contributed by atoms with Gasteiger partial charge in [0.15, 0.2) is 0 Å². The quantitative estimate of drug-likeness (QED) is 0.229. The van der Waals surface area contributed by atoms with Crippen molar-refractivity contribution in [3.05, 3.63) is 97.5 Å². The average Bonchev–Trinajstić information content (AvgIpc) is 2.96. The van der Waals surface area contributed by atoms with Crippen molar-refractivity contribution >= 4 is 73.3 Å². The molecular weight excluding hydrogens is 708 g/mol. The zero-order valence-electron chi connectivity index (χ0n) is 23.3. The highest BCUT2D eigenvalue weighted by molar-refractivity contribution is 14.1. The predicted molar refractivity (Wildman–Crippen MR) is 177 cm³/mol. The first-order chi connectivity index (χ1) is 20.0. The molecule has 1 aliphatic rings. The minimum Gasteiger partial charge on any atom is -0.352 e. The molecule has 7 nitrogen and oxygen atoms in total. The fourth-order valence-electron chi connectivity index (χ4n) is 5.15. The van der Waals surface area contributed by atoms with E-state index in [1.807, 2.05) is 30.3 Å². The highest BCUT2D eigenvalue weighted by Gasteiger charge is 2.34. The van der Waals surface area contributed by atoms with Crippen LogP contribution in [0, 0.1) is 3.57 Å². The van der Waals surface area contributed by atoms with Crippen LogP contribution < -0.4 is 9.62 Å². The molecule has 11 heteroatoms. The lowest BCUT2D eigenvalue weighted by Gasteiger charge is -2.35. The molecule has 0 aliphatic heterocycles. The molecule has 2 amide bonds. The molecule has 0 heterocycles. The third kappa shape index (κ3) is 9.08. The maximum atomic E-state index is 14.2. The minimum atomic E-state index is -3.83. The predicted octanol–water partition coefficient (Wildman–Crippen LogP) is 6.45. The van der Waals surface area contributed by atoms with Crippen molar-refractivity contribution in [2.75, 3.05) is 17.1 Å². The first-order valence-corrected chi connectivity index (χ1v) is 17.5. The van der Waals surface area contributed by atoms with E-state index in [4.69, 9.17) is 23.2 Å². The molecule has 4 rings (SSSR count). The van der Waals surface area contributed by atoms with Crippen molar-refractivity contribution in [1.82, 2.24) is 10.2 Å². The van der Waals surface area contributed by atoms with Crippen LogP contribution in [0.25, 0.3) is 0 Å². The van der Waals surface area contributed by atoms with Gasteiger partial charge in [-0.15, -0.1) is 0 Å². The number of benzene rings is 3. The Bertz CT molecular complexity index is 1480. The molecule has 1 atom stereocenters. The molecule has 0 bridgehead atoms. The van der Waals surface area contributed by atoms with Gasteiger partial charge in [0, 0.05) is 22.6 Å². The second-order valence-electron chi connectivity index (χ2n) is 10.6. The molecule has 0 aromatic heterocycles. The Morgan fingerprint density at radius 2 is 1.60 bits per heavy atom. The molecule has 0 spiro atoms. The van der Waals surface area contributed by atoms with Crippen molar-refractivity contribution in [3.8, 4) is 0 Å². The number of anilines is 1. The average molecular weight is 743 g/mol. The van der Waals surface area contributed by atoms with Gasteiger partial charge in [-0.2, -0.15) is 0 Å². The van der Waals surface area contributed by atoms with Crippen LogP contribution in [0.5, 0.6) is 0 Å². The molecule has 0 unspecified atom stereocenters. The van der Waals surface area contributed by atoms with Gasteiger partial charge in [0.1, 0.15) is 12.6 Å². The lowest BCUT2D eigenvalue weighted by Crippen LogP contribution is -2.55. The van der Waals surface area contributed by atoms with E-state index >= 15 is 0 Å². The van der Waals surface area contributed by atoms with Gasteiger partial charge < -0.3 is 10.2 Å². The van der Waals surface area contributed by atoms with Gasteiger partial charge in [0.05, 0.1) is 22.0 Å². The van der Waals surface area contributed by atoms with Crippen molar-refractivity contribution in [2.24, 2.45) is 0 Å². The number of carbonyl (C=O) groups excluding carboxylic acids is 2. The van der Waals surface area contributed by atoms with E-state index in [2.05, 4.69) is 27.9 Å². The third-order valence-electron chi connectivity index (χ3n) is 7.35. The maximum Gasteiger partial charge on any atom is 0.244 e. The molecule has 1 fully saturated rings. The summed E-state index contributed by atoms with van der Waals surface area (Å²) in [5.74, 6) is -0.774. The first-order valence-electron chi connectivity index (χ1n) is 13.8. The van der Waals surface area contributed by atoms with E-state index in [9.17, 15) is 18.0 Å². The number of halogens is 3. The van der Waals surface area contributed by atoms with Gasteiger partial charge in [-0.25, -0.2) is 8.42 Å². The number of nitrogens with zero attached hydrogens (tertiary/aromatic N) is 2. The molecule has 1 saturated carbocycles. The number of sulfonamides is 1. The van der Waals surface area contributed by atoms with Gasteiger partial charge in [0.25, 0.3) is 0 Å². The largest absolute Gasteiger partial charge is 0.352 e. The zero-order valence-corrected chi connectivity index (χ0v) is 27.8. The van der Waals surface area contributed by atoms with Gasteiger partial charge in [-0.1, -0.05) is 78.9 Å². The van der Waals surface area contributed by atoms with E-state index in [1.54, 1.807) is 42.5 Å². The zero-order chi connectivity index (χ0) is 30.3. The first kappa shape index (κ1) is 32.6. The molecule has 224 valence electrons. The summed E-state index contributed by atoms with van der Waals surface area (Å²) in [5, 5.41) is 3.88. The summed E-state index contributed by atoms with van der Waals surface area (Å²) in [7, 11) is -3.83. The minimum absolute atomic E-state index is 0.0331. The molecule has 1 aliphatic carbocycles. The summed E-state index contributed by atoms with van der Waals surface area (Å²) in [6.07, 6.45) is 6.33. The van der Waals surface area contributed by atoms with Gasteiger partial charge in [-0.3, -0.25) is 13.9 Å². The molecule has 1 N–H and O–H groups in total. The Kier molecular flexibility index (Phi) is 11.6. The number of rotatable bonds is 11. The van der Waals surface area contributed by atoms with Crippen molar-refractivity contribution in [1.29, 1.82) is 0 Å². The number of carbonyl (C=O) groups is 2. The summed E-state index contributed by atoms with van der Waals surface area (Å²) in [5.41, 5.74) is 1.92. The molecular formula is C31H34Cl2IN3O4S. The van der Waals surface area contributed by atoms with Crippen LogP contribution in [0.1, 0.15) is 43.2 Å². The summed E-state index contributed by atoms with van der Waals surface area (Å²) >= 11 is 14.6. The Balaban J connectivity index is 1.73. The van der Waals surface area contributed by atoms with Gasteiger partial charge >= 0.3 is 0 Å². The summed E-state index contributed by atoms with van der Waals surface area (Å²) in [4.78, 5) is 29.7. The van der Waals surface area contributed by atoms with Crippen LogP contribution in [0.3, 0.4) is 0 Å². The number of nitrogens with one attached hydrogen (secondary N) is 1. The van der Waals surface area contributed by atoms with E-state index in [-0.39, 0.29) is 24.9 Å². The lowest BCUT2D eigenvalue weighted by atomic mass is 9.94. The SMILES string of the molecule is CS(=O)(=O)N(CC(=O)N(Cc1ccc(Cl)c(Cl)c1)[C@@H](Cc1ccccc1)C(=O)NC1CCCCC1)c1ccc(I)cc1. The van der Waals surface area contributed by atoms with Crippen LogP contribution in [0.4, 0.5) is 5.69 Å². The number of amides is 2. The van der Waals surface area contributed by atoms with Gasteiger partial charge in [0.2, 0.25) is 21.8 Å². The molecule has 0 radical (unpaired) electrons. The van der Waals surface area contributed by atoms with Crippen LogP contribution in [-0.4, -0.2) is 50.0 Å². The van der Waals surface area contributed by atoms with Crippen molar-refractivity contribution in [3.63, 3.8) is 0 Å². The fourth-order valence-corrected chi connectivity index (χ4v) is 6.68. The number of hydrogen-bond acceptors (Lipinski definition) is 4. The van der Waals surface area contributed by atoms with E-state index in [1.165, 1.54) is 4.90 Å². The molecule has 0 saturated heterocycles. The fraction of sp³-hybridized carbons (Fsp3) is 0.355. The maximum absolute atomic E-state index is 14.2. The Labute approximate surface area is 271 Å². The molecule has 42 heavy (non-hydrogen) atoms. The van der Waals surface area contributed by atoms with E-state index < -0.39 is 28.5 Å². The third-order valence-corrected chi connectivity index (χ3v) is 9.95. The number of hydrogen-bond donors (Lipinski definition) is 1. The smallest absolute Gasteiger partial charge is 0.244 e. The Hall–Kier alpha value is -2.34. The highest BCUT2D eigenvalue weighted by Crippen LogP contribution is 2.26. The van der Waals surface area contributed by atoms with Crippen LogP contribution in [0.2, 0.25) is 10.0 Å². The topological polar surface area (TPSA) is 86.8 Å². The molecule has 3 aromatic carbocycles. The lowest BCUT2D eigenvalue weighted by molar-refractivity contribution is -0.140. The Morgan fingerprint density at radius 3 is 2.21 bits per heavy atom. The normalized spacial score (nSPS) is 14.7. The van der Waals surface area contributed by atoms with Crippen molar-refractivity contribution < 1.29 is 18.0 Å². The van der Waals surface area contributed by atoms with Crippen LogP contribution in [0.15, 0.2) is 72.8 Å². The standard InChI is InChI=1S/C31H34Cl2IN3O4S/c1-42(40,41)37(26-15-13-24(34)14-16-26)21-30(38)36(20-23-12-17-27(32)28(33)18-23)29(19-22-8-4-2-5-9-22)31(39)35-25-10-6-3-7-11-25/h2,4-5,8-9,12-18,25,29H,3,6-7,10-11,19-21H2,1H3,(H,35,39)/t29-/m0/s1. The monoisotopic (exact) mass is 741 g/mol. The second kappa shape index (κ2) is 14.9. The summed E-state index contributed by atoms with van der Waals surface area (Å²) < 4.78 is 27.8.